The number of Topliss-reactive ketones (excluding diaryl/α,β-unsaturated/α-hetero) is 1. The number of aromatic carboxylic acids is 1. The van der Waals surface area contributed by atoms with Gasteiger partial charge < -0.3 is 5.11 Å². The van der Waals surface area contributed by atoms with Crippen molar-refractivity contribution in [2.45, 2.75) is 37.5 Å². The number of carbonyl (C=O) groups is 2. The van der Waals surface area contributed by atoms with Crippen LogP contribution in [0.2, 0.25) is 0 Å². The molecule has 1 fully saturated rings. The van der Waals surface area contributed by atoms with Crippen LogP contribution in [0.25, 0.3) is 0 Å². The Bertz CT molecular complexity index is 718. The topological polar surface area (TPSA) is 80.2 Å². The maximum Gasteiger partial charge on any atom is 0.354 e. The minimum atomic E-state index is -1.05. The van der Waals surface area contributed by atoms with Crippen LogP contribution >= 0.6 is 0 Å². The van der Waals surface area contributed by atoms with Crippen LogP contribution in [0.15, 0.2) is 42.6 Å². The van der Waals surface area contributed by atoms with Crippen molar-refractivity contribution >= 4 is 11.8 Å². The molecule has 1 N–H and O–H groups in total. The van der Waals surface area contributed by atoms with E-state index in [-0.39, 0.29) is 16.9 Å². The lowest BCUT2D eigenvalue weighted by Gasteiger charge is -2.37. The molecule has 5 heteroatoms. The molecule has 0 spiro atoms. The predicted octanol–water partition coefficient (Wildman–Crippen LogP) is 2.80. The van der Waals surface area contributed by atoms with Crippen molar-refractivity contribution in [3.63, 3.8) is 0 Å². The molecule has 0 unspecified atom stereocenters. The highest BCUT2D eigenvalue weighted by Crippen LogP contribution is 2.40. The summed E-state index contributed by atoms with van der Waals surface area (Å²) in [6.45, 7) is 0. The molecule has 2 aromatic rings. The smallest absolute Gasteiger partial charge is 0.354 e. The first-order chi connectivity index (χ1) is 11.1. The number of ketones is 1. The summed E-state index contributed by atoms with van der Waals surface area (Å²) in [4.78, 5) is 31.2. The Hall–Kier alpha value is -2.56. The third kappa shape index (κ3) is 3.28. The van der Waals surface area contributed by atoms with Crippen LogP contribution in [0.4, 0.5) is 0 Å². The van der Waals surface area contributed by atoms with E-state index in [1.807, 2.05) is 18.2 Å². The molecule has 3 rings (SSSR count). The molecule has 1 saturated carbocycles. The van der Waals surface area contributed by atoms with Crippen LogP contribution in [0.3, 0.4) is 0 Å². The van der Waals surface area contributed by atoms with E-state index < -0.39 is 5.97 Å². The standard InChI is InChI=1S/C18H18N2O3/c21-14-6-9-18(10-7-14,13-4-2-1-3-5-13)12-16-19-11-8-15(20-16)17(22)23/h1-5,8,11H,6-7,9-10,12H2,(H,22,23). The Morgan fingerprint density at radius 3 is 2.48 bits per heavy atom. The molecule has 0 radical (unpaired) electrons. The van der Waals surface area contributed by atoms with Crippen LogP contribution in [0.1, 0.15) is 47.6 Å². The van der Waals surface area contributed by atoms with Gasteiger partial charge in [0.15, 0.2) is 5.69 Å². The Morgan fingerprint density at radius 1 is 1.13 bits per heavy atom. The summed E-state index contributed by atoms with van der Waals surface area (Å²) in [6, 6.07) is 11.5. The van der Waals surface area contributed by atoms with Crippen molar-refractivity contribution in [1.29, 1.82) is 0 Å². The molecule has 23 heavy (non-hydrogen) atoms. The van der Waals surface area contributed by atoms with Crippen molar-refractivity contribution < 1.29 is 14.7 Å². The van der Waals surface area contributed by atoms with E-state index in [1.165, 1.54) is 12.3 Å². The van der Waals surface area contributed by atoms with Crippen LogP contribution in [0, 0.1) is 0 Å². The Balaban J connectivity index is 1.95. The second-order valence-corrected chi connectivity index (χ2v) is 6.03. The van der Waals surface area contributed by atoms with Gasteiger partial charge in [0.05, 0.1) is 0 Å². The number of hydrogen-bond acceptors (Lipinski definition) is 4. The van der Waals surface area contributed by atoms with Gasteiger partial charge in [-0.15, -0.1) is 0 Å². The summed E-state index contributed by atoms with van der Waals surface area (Å²) < 4.78 is 0. The van der Waals surface area contributed by atoms with Crippen molar-refractivity contribution in [2.75, 3.05) is 0 Å². The van der Waals surface area contributed by atoms with Gasteiger partial charge in [0, 0.05) is 30.9 Å². The first-order valence-electron chi connectivity index (χ1n) is 7.71. The highest BCUT2D eigenvalue weighted by Gasteiger charge is 2.37. The fourth-order valence-electron chi connectivity index (χ4n) is 3.27. The Morgan fingerprint density at radius 2 is 1.83 bits per heavy atom. The average Bonchev–Trinajstić information content (AvgIpc) is 2.58. The number of carbonyl (C=O) groups excluding carboxylic acids is 1. The highest BCUT2D eigenvalue weighted by molar-refractivity contribution is 5.85. The quantitative estimate of drug-likeness (QED) is 0.939. The number of rotatable bonds is 4. The Labute approximate surface area is 134 Å². The lowest BCUT2D eigenvalue weighted by atomic mass is 9.67. The number of hydrogen-bond donors (Lipinski definition) is 1. The molecule has 1 aromatic carbocycles. The molecular weight excluding hydrogens is 292 g/mol. The fourth-order valence-corrected chi connectivity index (χ4v) is 3.27. The summed E-state index contributed by atoms with van der Waals surface area (Å²) in [6.07, 6.45) is 4.62. The molecule has 118 valence electrons. The lowest BCUT2D eigenvalue weighted by Crippen LogP contribution is -2.35. The molecule has 0 aliphatic heterocycles. The third-order valence-electron chi connectivity index (χ3n) is 4.57. The van der Waals surface area contributed by atoms with Gasteiger partial charge in [-0.1, -0.05) is 30.3 Å². The van der Waals surface area contributed by atoms with Gasteiger partial charge in [0.1, 0.15) is 11.6 Å². The maximum absolute atomic E-state index is 11.7. The molecule has 0 saturated heterocycles. The van der Waals surface area contributed by atoms with Crippen LogP contribution in [-0.4, -0.2) is 26.8 Å². The number of nitrogens with zero attached hydrogens (tertiary/aromatic N) is 2. The summed E-state index contributed by atoms with van der Waals surface area (Å²) >= 11 is 0. The van der Waals surface area contributed by atoms with E-state index in [4.69, 9.17) is 5.11 Å². The predicted molar refractivity (Wildman–Crippen MR) is 84.3 cm³/mol. The fraction of sp³-hybridized carbons (Fsp3) is 0.333. The Kier molecular flexibility index (Phi) is 4.19. The zero-order valence-electron chi connectivity index (χ0n) is 12.7. The largest absolute Gasteiger partial charge is 0.477 e. The normalized spacial score (nSPS) is 17.0. The highest BCUT2D eigenvalue weighted by atomic mass is 16.4. The zero-order valence-corrected chi connectivity index (χ0v) is 12.7. The van der Waals surface area contributed by atoms with E-state index in [2.05, 4.69) is 22.1 Å². The molecule has 1 aromatic heterocycles. The van der Waals surface area contributed by atoms with Gasteiger partial charge in [0.2, 0.25) is 0 Å². The SMILES string of the molecule is O=C1CCC(Cc2nccc(C(=O)O)n2)(c2ccccc2)CC1. The van der Waals surface area contributed by atoms with Crippen LogP contribution < -0.4 is 0 Å². The molecule has 0 atom stereocenters. The number of aromatic nitrogens is 2. The van der Waals surface area contributed by atoms with E-state index in [0.717, 1.165) is 18.4 Å². The summed E-state index contributed by atoms with van der Waals surface area (Å²) in [7, 11) is 0. The zero-order chi connectivity index (χ0) is 16.3. The van der Waals surface area contributed by atoms with Gasteiger partial charge >= 0.3 is 5.97 Å². The summed E-state index contributed by atoms with van der Waals surface area (Å²) in [5, 5.41) is 9.10. The molecule has 0 amide bonds. The summed E-state index contributed by atoms with van der Waals surface area (Å²) in [5.74, 6) is -0.249. The number of carboxylic acids is 1. The molecular formula is C18H18N2O3. The molecule has 1 heterocycles. The number of carboxylic acid groups (broad SMARTS) is 1. The second-order valence-electron chi connectivity index (χ2n) is 6.03. The average molecular weight is 310 g/mol. The van der Waals surface area contributed by atoms with Gasteiger partial charge in [-0.25, -0.2) is 14.8 Å². The molecule has 0 bridgehead atoms. The first kappa shape index (κ1) is 15.3. The van der Waals surface area contributed by atoms with E-state index in [1.54, 1.807) is 0 Å². The molecule has 1 aliphatic rings. The second kappa shape index (κ2) is 6.28. The van der Waals surface area contributed by atoms with E-state index in [9.17, 15) is 9.59 Å². The maximum atomic E-state index is 11.7. The van der Waals surface area contributed by atoms with Gasteiger partial charge in [0.25, 0.3) is 0 Å². The molecule has 5 nitrogen and oxygen atoms in total. The van der Waals surface area contributed by atoms with Crippen molar-refractivity contribution in [2.24, 2.45) is 0 Å². The van der Waals surface area contributed by atoms with Crippen molar-refractivity contribution in [3.8, 4) is 0 Å². The van der Waals surface area contributed by atoms with Gasteiger partial charge in [-0.2, -0.15) is 0 Å². The molecule has 1 aliphatic carbocycles. The van der Waals surface area contributed by atoms with Crippen LogP contribution in [-0.2, 0) is 16.6 Å². The number of benzene rings is 1. The van der Waals surface area contributed by atoms with Crippen molar-refractivity contribution in [3.05, 3.63) is 59.7 Å². The minimum Gasteiger partial charge on any atom is -0.477 e. The monoisotopic (exact) mass is 310 g/mol. The van der Waals surface area contributed by atoms with Gasteiger partial charge in [-0.3, -0.25) is 4.79 Å². The van der Waals surface area contributed by atoms with E-state index >= 15 is 0 Å². The van der Waals surface area contributed by atoms with Gasteiger partial charge in [-0.05, 0) is 24.5 Å². The third-order valence-corrected chi connectivity index (χ3v) is 4.57. The first-order valence-corrected chi connectivity index (χ1v) is 7.71. The van der Waals surface area contributed by atoms with Crippen molar-refractivity contribution in [1.82, 2.24) is 9.97 Å². The summed E-state index contributed by atoms with van der Waals surface area (Å²) in [5.41, 5.74) is 0.966. The van der Waals surface area contributed by atoms with E-state index in [0.29, 0.717) is 25.1 Å². The lowest BCUT2D eigenvalue weighted by molar-refractivity contribution is -0.121. The minimum absolute atomic E-state index is 0.00472. The van der Waals surface area contributed by atoms with Crippen LogP contribution in [0.5, 0.6) is 0 Å².